The molecule has 4 heterocycles. The summed E-state index contributed by atoms with van der Waals surface area (Å²) in [6.45, 7) is 5.80. The van der Waals surface area contributed by atoms with Gasteiger partial charge in [-0.25, -0.2) is 4.98 Å². The van der Waals surface area contributed by atoms with E-state index >= 15 is 0 Å². The molecule has 2 aliphatic heterocycles. The summed E-state index contributed by atoms with van der Waals surface area (Å²) in [4.78, 5) is 19.8. The van der Waals surface area contributed by atoms with Crippen molar-refractivity contribution in [2.24, 2.45) is 0 Å². The first-order valence-corrected chi connectivity index (χ1v) is 15.2. The van der Waals surface area contributed by atoms with Crippen molar-refractivity contribution in [1.82, 2.24) is 19.2 Å². The Morgan fingerprint density at radius 1 is 1.09 bits per heavy atom. The highest BCUT2D eigenvalue weighted by Gasteiger charge is 2.45. The molecule has 13 heteroatoms. The lowest BCUT2D eigenvalue weighted by atomic mass is 10.1. The number of hydrogen-bond acceptors (Lipinski definition) is 8. The molecule has 1 amide bonds. The van der Waals surface area contributed by atoms with Gasteiger partial charge in [-0.3, -0.25) is 4.79 Å². The van der Waals surface area contributed by atoms with E-state index in [9.17, 15) is 4.79 Å². The number of aromatic nitrogens is 3. The first kappa shape index (κ1) is 31.8. The highest BCUT2D eigenvalue weighted by molar-refractivity contribution is 7.71. The van der Waals surface area contributed by atoms with Crippen molar-refractivity contribution in [3.8, 4) is 5.75 Å². The van der Waals surface area contributed by atoms with E-state index in [2.05, 4.69) is 22.1 Å². The average Bonchev–Trinajstić information content (AvgIpc) is 3.69. The highest BCUT2D eigenvalue weighted by atomic mass is 35.5. The Balaban J connectivity index is 0.000000418. The molecule has 0 bridgehead atoms. The van der Waals surface area contributed by atoms with Gasteiger partial charge < -0.3 is 33.8 Å². The number of rotatable bonds is 7. The molecule has 4 aromatic rings. The van der Waals surface area contributed by atoms with E-state index in [0.29, 0.717) is 40.0 Å². The summed E-state index contributed by atoms with van der Waals surface area (Å²) in [6, 6.07) is 18.4. The van der Waals surface area contributed by atoms with Crippen LogP contribution in [0.25, 0.3) is 0 Å². The minimum atomic E-state index is -1.08. The summed E-state index contributed by atoms with van der Waals surface area (Å²) >= 11 is 17.3. The van der Waals surface area contributed by atoms with E-state index in [-0.39, 0.29) is 12.0 Å². The molecule has 0 saturated carbocycles. The molecule has 44 heavy (non-hydrogen) atoms. The number of hydrogen-bond donors (Lipinski definition) is 1. The summed E-state index contributed by atoms with van der Waals surface area (Å²) in [5, 5.41) is 9.75. The number of benzene rings is 2. The van der Waals surface area contributed by atoms with E-state index in [1.807, 2.05) is 46.0 Å². The number of carbonyl (C=O) groups is 1. The van der Waals surface area contributed by atoms with Gasteiger partial charge in [0.25, 0.3) is 0 Å². The maximum Gasteiger partial charge on any atom is 0.219 e. The lowest BCUT2D eigenvalue weighted by Gasteiger charge is -2.35. The van der Waals surface area contributed by atoms with Crippen LogP contribution in [0.5, 0.6) is 5.75 Å². The number of carbonyl (C=O) groups excluding carboxylic acids is 1. The molecule has 2 atom stereocenters. The Hall–Kier alpha value is -3.61. The lowest BCUT2D eigenvalue weighted by molar-refractivity contribution is -0.189. The minimum Gasteiger partial charge on any atom is -0.491 e. The standard InChI is InChI=1S/C26H28Cl2N4O4.C5H5NOS/c1-19(33)31-10-12-32(13-11-31)21-3-5-22(6-4-21)34-15-23-16-35-26(36-23,17-30-9-8-29-18-30)24-7-2-20(27)14-25(24)28;7-6-4-2-1-3-5(6)8/h2-9,14,18,23H,10-13,15-17H2,1H3;1-4,7H/t23-,26-;/m0./s1. The fourth-order valence-corrected chi connectivity index (χ4v) is 5.71. The lowest BCUT2D eigenvalue weighted by Crippen LogP contribution is -2.48. The largest absolute Gasteiger partial charge is 0.491 e. The molecule has 0 aliphatic carbocycles. The predicted molar refractivity (Wildman–Crippen MR) is 170 cm³/mol. The van der Waals surface area contributed by atoms with Crippen LogP contribution in [0, 0.1) is 4.64 Å². The normalized spacial score (nSPS) is 19.8. The van der Waals surface area contributed by atoms with Gasteiger partial charge in [-0.05, 0) is 48.5 Å². The predicted octanol–water partition coefficient (Wildman–Crippen LogP) is 5.66. The SMILES string of the molecule is CC(=O)N1CCN(c2ccc(OC[C@H]3CO[C@](Cn4ccnc4)(c4ccc(Cl)cc4Cl)O3)cc2)CC1.On1ccccc1=S. The van der Waals surface area contributed by atoms with Gasteiger partial charge in [0, 0.05) is 68.0 Å². The Morgan fingerprint density at radius 2 is 1.86 bits per heavy atom. The topological polar surface area (TPSA) is 94.2 Å². The van der Waals surface area contributed by atoms with Crippen LogP contribution >= 0.6 is 35.4 Å². The van der Waals surface area contributed by atoms with Crippen molar-refractivity contribution in [2.75, 3.05) is 44.3 Å². The van der Waals surface area contributed by atoms with Crippen LogP contribution in [0.2, 0.25) is 10.0 Å². The molecule has 6 rings (SSSR count). The van der Waals surface area contributed by atoms with Gasteiger partial charge in [0.1, 0.15) is 23.1 Å². The zero-order valence-corrected chi connectivity index (χ0v) is 26.4. The summed E-state index contributed by atoms with van der Waals surface area (Å²) in [5.41, 5.74) is 1.82. The summed E-state index contributed by atoms with van der Waals surface area (Å²) in [6.07, 6.45) is 6.47. The molecular weight excluding hydrogens is 625 g/mol. The van der Waals surface area contributed by atoms with Crippen molar-refractivity contribution in [2.45, 2.75) is 25.4 Å². The molecule has 1 N–H and O–H groups in total. The van der Waals surface area contributed by atoms with E-state index in [1.165, 1.54) is 6.20 Å². The van der Waals surface area contributed by atoms with Crippen LogP contribution in [0.4, 0.5) is 5.69 Å². The molecule has 2 aromatic carbocycles. The number of piperazine rings is 1. The number of pyridine rings is 1. The molecule has 2 aliphatic rings. The van der Waals surface area contributed by atoms with Crippen molar-refractivity contribution in [3.63, 3.8) is 0 Å². The van der Waals surface area contributed by atoms with Crippen LogP contribution < -0.4 is 9.64 Å². The molecule has 10 nitrogen and oxygen atoms in total. The second-order valence-electron chi connectivity index (χ2n) is 10.3. The first-order chi connectivity index (χ1) is 21.2. The van der Waals surface area contributed by atoms with Gasteiger partial charge in [0.05, 0.1) is 24.5 Å². The third kappa shape index (κ3) is 7.91. The average molecular weight is 659 g/mol. The Bertz CT molecular complexity index is 1600. The highest BCUT2D eigenvalue weighted by Crippen LogP contribution is 2.40. The van der Waals surface area contributed by atoms with Gasteiger partial charge in [0.15, 0.2) is 0 Å². The fourth-order valence-electron chi connectivity index (χ4n) is 5.02. The smallest absolute Gasteiger partial charge is 0.219 e. The van der Waals surface area contributed by atoms with Crippen molar-refractivity contribution >= 4 is 47.0 Å². The zero-order valence-electron chi connectivity index (χ0n) is 24.1. The molecule has 0 unspecified atom stereocenters. The van der Waals surface area contributed by atoms with Crippen LogP contribution in [-0.2, 0) is 26.6 Å². The fraction of sp³-hybridized carbons (Fsp3) is 0.323. The molecule has 0 radical (unpaired) electrons. The quantitative estimate of drug-likeness (QED) is 0.201. The van der Waals surface area contributed by atoms with E-state index < -0.39 is 5.79 Å². The summed E-state index contributed by atoms with van der Waals surface area (Å²) in [7, 11) is 0. The number of amides is 1. The second kappa shape index (κ2) is 14.4. The minimum absolute atomic E-state index is 0.129. The van der Waals surface area contributed by atoms with Crippen molar-refractivity contribution < 1.29 is 24.2 Å². The molecule has 2 aromatic heterocycles. The maximum atomic E-state index is 11.6. The van der Waals surface area contributed by atoms with Gasteiger partial charge in [-0.2, -0.15) is 4.73 Å². The van der Waals surface area contributed by atoms with Crippen molar-refractivity contribution in [3.05, 3.63) is 106 Å². The third-order valence-corrected chi connectivity index (χ3v) is 8.19. The van der Waals surface area contributed by atoms with E-state index in [4.69, 9.17) is 42.6 Å². The van der Waals surface area contributed by atoms with Gasteiger partial charge in [0.2, 0.25) is 11.7 Å². The number of anilines is 1. The van der Waals surface area contributed by atoms with Crippen LogP contribution in [-0.4, -0.2) is 75.8 Å². The Labute approximate surface area is 270 Å². The number of halogens is 2. The first-order valence-electron chi connectivity index (χ1n) is 14.1. The van der Waals surface area contributed by atoms with Gasteiger partial charge in [-0.15, -0.1) is 0 Å². The molecule has 2 fully saturated rings. The van der Waals surface area contributed by atoms with Crippen LogP contribution in [0.15, 0.2) is 85.6 Å². The monoisotopic (exact) mass is 657 g/mol. The van der Waals surface area contributed by atoms with Gasteiger partial charge in [-0.1, -0.05) is 47.6 Å². The maximum absolute atomic E-state index is 11.6. The molecule has 2 saturated heterocycles. The van der Waals surface area contributed by atoms with Crippen molar-refractivity contribution in [1.29, 1.82) is 0 Å². The Kier molecular flexibility index (Phi) is 10.4. The summed E-state index contributed by atoms with van der Waals surface area (Å²) in [5.74, 6) is -0.201. The van der Waals surface area contributed by atoms with Crippen LogP contribution in [0.1, 0.15) is 12.5 Å². The molecular formula is C31H33Cl2N5O5S. The number of ether oxygens (including phenoxy) is 3. The van der Waals surface area contributed by atoms with E-state index in [0.717, 1.165) is 42.3 Å². The van der Waals surface area contributed by atoms with Crippen LogP contribution in [0.3, 0.4) is 0 Å². The number of nitrogens with zero attached hydrogens (tertiary/aromatic N) is 5. The third-order valence-electron chi connectivity index (χ3n) is 7.32. The second-order valence-corrected chi connectivity index (χ2v) is 11.6. The van der Waals surface area contributed by atoms with Gasteiger partial charge >= 0.3 is 0 Å². The molecule has 0 spiro atoms. The molecule has 232 valence electrons. The zero-order chi connectivity index (χ0) is 31.1. The number of imidazole rings is 1. The van der Waals surface area contributed by atoms with E-state index in [1.54, 1.807) is 49.8 Å². The Morgan fingerprint density at radius 3 is 2.48 bits per heavy atom. The summed E-state index contributed by atoms with van der Waals surface area (Å²) < 4.78 is 21.9.